The summed E-state index contributed by atoms with van der Waals surface area (Å²) in [4.78, 5) is 12.4. The minimum Gasteiger partial charge on any atom is -0.394 e. The zero-order valence-corrected chi connectivity index (χ0v) is 41.4. The SMILES string of the molecule is CCCCCCCC/C=C/CC/C=C/CC/C=C/C(O)C(CO)NC(=O)CCCCCCCCCCCCCCCCCCCCCCCCCCCCCCCCCCC. The minimum absolute atomic E-state index is 0.0730. The third-order valence-corrected chi connectivity index (χ3v) is 12.9. The highest BCUT2D eigenvalue weighted by Gasteiger charge is 2.18. The van der Waals surface area contributed by atoms with Gasteiger partial charge in [0.15, 0.2) is 0 Å². The van der Waals surface area contributed by atoms with E-state index in [0.29, 0.717) is 6.42 Å². The third-order valence-electron chi connectivity index (χ3n) is 12.9. The lowest BCUT2D eigenvalue weighted by atomic mass is 10.0. The second kappa shape index (κ2) is 53.0. The standard InChI is InChI=1S/C57H109NO3/c1-3-5-7-9-11-13-15-17-19-21-22-23-24-25-26-27-28-29-30-31-32-33-34-35-36-37-39-41-43-45-47-49-51-53-57(61)58-55(54-59)56(60)52-50-48-46-44-42-40-38-20-18-16-14-12-10-8-6-4-2/h18,20,42,44,50,52,55-56,59-60H,3-17,19,21-41,43,45-49,51,53-54H2,1-2H3,(H,58,61)/b20-18+,44-42+,52-50+. The number of rotatable bonds is 51. The Hall–Kier alpha value is -1.39. The summed E-state index contributed by atoms with van der Waals surface area (Å²) in [6.07, 6.45) is 71.7. The van der Waals surface area contributed by atoms with Crippen molar-refractivity contribution in [3.63, 3.8) is 0 Å². The fraction of sp³-hybridized carbons (Fsp3) is 0.877. The van der Waals surface area contributed by atoms with Gasteiger partial charge in [0.1, 0.15) is 0 Å². The summed E-state index contributed by atoms with van der Waals surface area (Å²) >= 11 is 0. The number of hydrogen-bond donors (Lipinski definition) is 3. The molecule has 0 aromatic heterocycles. The molecule has 2 unspecified atom stereocenters. The minimum atomic E-state index is -0.868. The van der Waals surface area contributed by atoms with Crippen LogP contribution in [0.2, 0.25) is 0 Å². The van der Waals surface area contributed by atoms with Crippen molar-refractivity contribution in [1.29, 1.82) is 0 Å². The van der Waals surface area contributed by atoms with Gasteiger partial charge in [0.2, 0.25) is 5.91 Å². The van der Waals surface area contributed by atoms with Crippen LogP contribution in [0.15, 0.2) is 36.5 Å². The van der Waals surface area contributed by atoms with Gasteiger partial charge in [0.05, 0.1) is 18.8 Å². The summed E-state index contributed by atoms with van der Waals surface area (Å²) in [6.45, 7) is 4.31. The first-order valence-electron chi connectivity index (χ1n) is 27.7. The molecule has 0 bridgehead atoms. The number of unbranched alkanes of at least 4 members (excludes halogenated alkanes) is 40. The Bertz CT molecular complexity index is 928. The highest BCUT2D eigenvalue weighted by molar-refractivity contribution is 5.76. The molecule has 3 N–H and O–H groups in total. The van der Waals surface area contributed by atoms with Gasteiger partial charge in [-0.25, -0.2) is 0 Å². The monoisotopic (exact) mass is 856 g/mol. The van der Waals surface area contributed by atoms with Crippen LogP contribution in [0.4, 0.5) is 0 Å². The molecule has 0 aliphatic rings. The van der Waals surface area contributed by atoms with Gasteiger partial charge >= 0.3 is 0 Å². The van der Waals surface area contributed by atoms with Gasteiger partial charge in [0, 0.05) is 6.42 Å². The second-order valence-electron chi connectivity index (χ2n) is 19.0. The normalized spacial score (nSPS) is 13.0. The van der Waals surface area contributed by atoms with Crippen molar-refractivity contribution in [2.75, 3.05) is 6.61 Å². The number of hydrogen-bond acceptors (Lipinski definition) is 3. The molecule has 0 fully saturated rings. The Labute approximate surface area is 382 Å². The molecule has 0 saturated heterocycles. The van der Waals surface area contributed by atoms with Gasteiger partial charge in [-0.3, -0.25) is 4.79 Å². The summed E-state index contributed by atoms with van der Waals surface area (Å²) in [5, 5.41) is 23.1. The lowest BCUT2D eigenvalue weighted by molar-refractivity contribution is -0.123. The quantitative estimate of drug-likeness (QED) is 0.0422. The van der Waals surface area contributed by atoms with E-state index in [2.05, 4.69) is 43.5 Å². The number of aliphatic hydroxyl groups is 2. The van der Waals surface area contributed by atoms with Gasteiger partial charge in [-0.2, -0.15) is 0 Å². The van der Waals surface area contributed by atoms with Crippen LogP contribution >= 0.6 is 0 Å². The van der Waals surface area contributed by atoms with Gasteiger partial charge < -0.3 is 15.5 Å². The molecule has 1 amide bonds. The number of carbonyl (C=O) groups is 1. The molecule has 0 saturated carbocycles. The first kappa shape index (κ1) is 59.6. The lowest BCUT2D eigenvalue weighted by Crippen LogP contribution is -2.45. The zero-order valence-electron chi connectivity index (χ0n) is 41.4. The zero-order chi connectivity index (χ0) is 44.2. The Kier molecular flexibility index (Phi) is 51.7. The number of amides is 1. The Morgan fingerprint density at radius 3 is 0.951 bits per heavy atom. The van der Waals surface area contributed by atoms with Crippen LogP contribution in [0.1, 0.15) is 303 Å². The second-order valence-corrected chi connectivity index (χ2v) is 19.0. The maximum atomic E-state index is 12.4. The highest BCUT2D eigenvalue weighted by Crippen LogP contribution is 2.17. The Balaban J connectivity index is 3.44. The molecular weight excluding hydrogens is 747 g/mol. The van der Waals surface area contributed by atoms with Crippen molar-refractivity contribution in [2.45, 2.75) is 315 Å². The van der Waals surface area contributed by atoms with Crippen molar-refractivity contribution >= 4 is 5.91 Å². The summed E-state index contributed by atoms with van der Waals surface area (Å²) in [5.41, 5.74) is 0. The van der Waals surface area contributed by atoms with Crippen LogP contribution in [0.25, 0.3) is 0 Å². The van der Waals surface area contributed by atoms with E-state index in [0.717, 1.165) is 38.5 Å². The summed E-state index contributed by atoms with van der Waals surface area (Å²) in [7, 11) is 0. The van der Waals surface area contributed by atoms with Crippen molar-refractivity contribution in [3.8, 4) is 0 Å². The fourth-order valence-electron chi connectivity index (χ4n) is 8.63. The summed E-state index contributed by atoms with van der Waals surface area (Å²) < 4.78 is 0. The molecule has 0 radical (unpaired) electrons. The molecule has 0 rings (SSSR count). The molecule has 4 heteroatoms. The first-order valence-corrected chi connectivity index (χ1v) is 27.7. The predicted molar refractivity (Wildman–Crippen MR) is 272 cm³/mol. The molecule has 0 aliphatic heterocycles. The molecule has 0 aliphatic carbocycles. The van der Waals surface area contributed by atoms with E-state index in [4.69, 9.17) is 0 Å². The van der Waals surface area contributed by atoms with Crippen molar-refractivity contribution in [2.24, 2.45) is 0 Å². The van der Waals surface area contributed by atoms with Gasteiger partial charge in [-0.1, -0.05) is 288 Å². The molecule has 61 heavy (non-hydrogen) atoms. The van der Waals surface area contributed by atoms with Crippen LogP contribution in [-0.2, 0) is 4.79 Å². The molecular formula is C57H109NO3. The van der Waals surface area contributed by atoms with E-state index in [1.807, 2.05) is 6.08 Å². The van der Waals surface area contributed by atoms with Crippen LogP contribution in [0.3, 0.4) is 0 Å². The number of allylic oxidation sites excluding steroid dienone is 5. The number of aliphatic hydroxyl groups excluding tert-OH is 2. The molecule has 0 aromatic rings. The maximum Gasteiger partial charge on any atom is 0.220 e. The number of carbonyl (C=O) groups excluding carboxylic acids is 1. The fourth-order valence-corrected chi connectivity index (χ4v) is 8.63. The van der Waals surface area contributed by atoms with E-state index in [9.17, 15) is 15.0 Å². The topological polar surface area (TPSA) is 69.6 Å². The van der Waals surface area contributed by atoms with Crippen LogP contribution < -0.4 is 5.32 Å². The Morgan fingerprint density at radius 1 is 0.377 bits per heavy atom. The van der Waals surface area contributed by atoms with Crippen molar-refractivity contribution in [3.05, 3.63) is 36.5 Å². The molecule has 4 nitrogen and oxygen atoms in total. The van der Waals surface area contributed by atoms with Crippen molar-refractivity contribution < 1.29 is 15.0 Å². The molecule has 0 aromatic carbocycles. The van der Waals surface area contributed by atoms with Crippen molar-refractivity contribution in [1.82, 2.24) is 5.32 Å². The van der Waals surface area contributed by atoms with Gasteiger partial charge in [0.25, 0.3) is 0 Å². The van der Waals surface area contributed by atoms with Crippen LogP contribution in [-0.4, -0.2) is 34.9 Å². The van der Waals surface area contributed by atoms with Crippen LogP contribution in [0, 0.1) is 0 Å². The van der Waals surface area contributed by atoms with Crippen LogP contribution in [0.5, 0.6) is 0 Å². The largest absolute Gasteiger partial charge is 0.394 e. The van der Waals surface area contributed by atoms with Gasteiger partial charge in [-0.15, -0.1) is 0 Å². The highest BCUT2D eigenvalue weighted by atomic mass is 16.3. The van der Waals surface area contributed by atoms with E-state index < -0.39 is 12.1 Å². The first-order chi connectivity index (χ1) is 30.2. The predicted octanol–water partition coefficient (Wildman–Crippen LogP) is 18.1. The summed E-state index contributed by atoms with van der Waals surface area (Å²) in [5.74, 6) is -0.0730. The van der Waals surface area contributed by atoms with E-state index in [1.165, 1.54) is 244 Å². The summed E-state index contributed by atoms with van der Waals surface area (Å²) in [6, 6.07) is -0.643. The lowest BCUT2D eigenvalue weighted by Gasteiger charge is -2.19. The smallest absolute Gasteiger partial charge is 0.220 e. The van der Waals surface area contributed by atoms with E-state index >= 15 is 0 Å². The Morgan fingerprint density at radius 2 is 0.639 bits per heavy atom. The van der Waals surface area contributed by atoms with Gasteiger partial charge in [-0.05, 0) is 44.9 Å². The molecule has 0 heterocycles. The van der Waals surface area contributed by atoms with E-state index in [-0.39, 0.29) is 12.5 Å². The van der Waals surface area contributed by atoms with E-state index in [1.54, 1.807) is 6.08 Å². The molecule has 0 spiro atoms. The molecule has 2 atom stereocenters. The average Bonchev–Trinajstić information content (AvgIpc) is 3.26. The third kappa shape index (κ3) is 49.5. The molecule has 360 valence electrons. The number of nitrogens with one attached hydrogen (secondary N) is 1. The maximum absolute atomic E-state index is 12.4. The average molecular weight is 857 g/mol.